The molecule has 1 aromatic rings. The molecule has 33 heavy (non-hydrogen) atoms. The van der Waals surface area contributed by atoms with Crippen molar-refractivity contribution in [2.24, 2.45) is 0 Å². The predicted molar refractivity (Wildman–Crippen MR) is 128 cm³/mol. The summed E-state index contributed by atoms with van der Waals surface area (Å²) < 4.78 is 26.4. The molecule has 2 saturated heterocycles. The summed E-state index contributed by atoms with van der Waals surface area (Å²) in [4.78, 5) is 32.5. The second-order valence-corrected chi connectivity index (χ2v) is 12.2. The molecule has 2 amide bonds. The zero-order valence-corrected chi connectivity index (χ0v) is 20.8. The van der Waals surface area contributed by atoms with Crippen LogP contribution in [-0.2, 0) is 19.4 Å². The van der Waals surface area contributed by atoms with E-state index < -0.39 is 14.6 Å². The second-order valence-electron chi connectivity index (χ2n) is 9.98. The number of piperazine rings is 1. The fraction of sp³-hybridized carbons (Fsp3) is 0.680. The zero-order chi connectivity index (χ0) is 23.6. The predicted octanol–water partition coefficient (Wildman–Crippen LogP) is 2.55. The van der Waals surface area contributed by atoms with Crippen molar-refractivity contribution >= 4 is 21.7 Å². The number of piperidine rings is 1. The van der Waals surface area contributed by atoms with Gasteiger partial charge >= 0.3 is 0 Å². The molecule has 0 bridgehead atoms. The lowest BCUT2D eigenvalue weighted by molar-refractivity contribution is -0.137. The lowest BCUT2D eigenvalue weighted by atomic mass is 10.0. The van der Waals surface area contributed by atoms with Crippen molar-refractivity contribution in [2.75, 3.05) is 45.8 Å². The van der Waals surface area contributed by atoms with E-state index in [2.05, 4.69) is 4.90 Å². The number of sulfone groups is 1. The van der Waals surface area contributed by atoms with Crippen LogP contribution in [-0.4, -0.2) is 85.5 Å². The standard InChI is InChI=1S/C25H37N3O4S/c1-20-8-9-21(2)22(18-20)33(31,32)25(10-4-5-11-25)24(30)28-16-14-26(15-17-28)19-23(29)27-12-6-3-7-13-27/h8-9,18H,3-7,10-17,19H2,1-2H3. The van der Waals surface area contributed by atoms with Crippen LogP contribution in [0.2, 0.25) is 0 Å². The van der Waals surface area contributed by atoms with E-state index in [1.807, 2.05) is 24.0 Å². The summed E-state index contributed by atoms with van der Waals surface area (Å²) in [5.74, 6) is -0.0813. The van der Waals surface area contributed by atoms with Crippen molar-refractivity contribution in [1.82, 2.24) is 14.7 Å². The number of amides is 2. The molecule has 2 aliphatic heterocycles. The van der Waals surface area contributed by atoms with Crippen LogP contribution < -0.4 is 0 Å². The molecule has 7 nitrogen and oxygen atoms in total. The Morgan fingerprint density at radius 2 is 1.48 bits per heavy atom. The largest absolute Gasteiger partial charge is 0.342 e. The smallest absolute Gasteiger partial charge is 0.244 e. The number of likely N-dealkylation sites (tertiary alicyclic amines) is 1. The topological polar surface area (TPSA) is 78.0 Å². The van der Waals surface area contributed by atoms with Gasteiger partial charge < -0.3 is 9.80 Å². The molecule has 2 heterocycles. The van der Waals surface area contributed by atoms with Crippen molar-refractivity contribution < 1.29 is 18.0 Å². The van der Waals surface area contributed by atoms with E-state index in [1.165, 1.54) is 6.42 Å². The van der Waals surface area contributed by atoms with Gasteiger partial charge in [0, 0.05) is 39.3 Å². The van der Waals surface area contributed by atoms with Crippen molar-refractivity contribution in [1.29, 1.82) is 0 Å². The van der Waals surface area contributed by atoms with E-state index in [1.54, 1.807) is 17.9 Å². The number of hydrogen-bond acceptors (Lipinski definition) is 5. The maximum Gasteiger partial charge on any atom is 0.244 e. The van der Waals surface area contributed by atoms with Gasteiger partial charge in [0.1, 0.15) is 0 Å². The quantitative estimate of drug-likeness (QED) is 0.654. The van der Waals surface area contributed by atoms with Crippen LogP contribution >= 0.6 is 0 Å². The summed E-state index contributed by atoms with van der Waals surface area (Å²) >= 11 is 0. The first-order chi connectivity index (χ1) is 15.7. The highest BCUT2D eigenvalue weighted by Crippen LogP contribution is 2.43. The summed E-state index contributed by atoms with van der Waals surface area (Å²) in [7, 11) is -3.81. The highest BCUT2D eigenvalue weighted by Gasteiger charge is 2.55. The molecule has 0 N–H and O–H groups in total. The Morgan fingerprint density at radius 3 is 2.12 bits per heavy atom. The summed E-state index contributed by atoms with van der Waals surface area (Å²) in [6.45, 7) is 7.89. The molecular weight excluding hydrogens is 438 g/mol. The number of carbonyl (C=O) groups is 2. The number of aryl methyl sites for hydroxylation is 2. The fourth-order valence-corrected chi connectivity index (χ4v) is 8.02. The molecule has 0 aromatic heterocycles. The average molecular weight is 476 g/mol. The molecule has 1 saturated carbocycles. The Kier molecular flexibility index (Phi) is 7.15. The van der Waals surface area contributed by atoms with E-state index in [-0.39, 0.29) is 11.8 Å². The first-order valence-electron chi connectivity index (χ1n) is 12.4. The molecule has 0 radical (unpaired) electrons. The van der Waals surface area contributed by atoms with Gasteiger partial charge in [-0.05, 0) is 63.1 Å². The van der Waals surface area contributed by atoms with E-state index in [0.29, 0.717) is 56.0 Å². The zero-order valence-electron chi connectivity index (χ0n) is 20.0. The molecule has 3 fully saturated rings. The monoisotopic (exact) mass is 475 g/mol. The number of rotatable bonds is 5. The SMILES string of the molecule is Cc1ccc(C)c(S(=O)(=O)C2(C(=O)N3CCN(CC(=O)N4CCCCC4)CC3)CCCC2)c1. The van der Waals surface area contributed by atoms with Crippen LogP contribution in [0.25, 0.3) is 0 Å². The Hall–Kier alpha value is -1.93. The summed E-state index contributed by atoms with van der Waals surface area (Å²) in [5.41, 5.74) is 1.58. The van der Waals surface area contributed by atoms with Crippen LogP contribution in [0.4, 0.5) is 0 Å². The van der Waals surface area contributed by atoms with Crippen LogP contribution in [0, 0.1) is 13.8 Å². The molecule has 8 heteroatoms. The summed E-state index contributed by atoms with van der Waals surface area (Å²) in [6.07, 6.45) is 5.61. The Labute approximate surface area is 198 Å². The van der Waals surface area contributed by atoms with Crippen LogP contribution in [0.3, 0.4) is 0 Å². The van der Waals surface area contributed by atoms with E-state index in [4.69, 9.17) is 0 Å². The molecule has 3 aliphatic rings. The van der Waals surface area contributed by atoms with Gasteiger partial charge in [-0.3, -0.25) is 14.5 Å². The van der Waals surface area contributed by atoms with Crippen LogP contribution in [0.15, 0.2) is 23.1 Å². The third kappa shape index (κ3) is 4.69. The molecular formula is C25H37N3O4S. The molecule has 0 spiro atoms. The van der Waals surface area contributed by atoms with Gasteiger partial charge in [0.25, 0.3) is 0 Å². The Morgan fingerprint density at radius 1 is 0.848 bits per heavy atom. The summed E-state index contributed by atoms with van der Waals surface area (Å²) in [5, 5.41) is 0. The first-order valence-corrected chi connectivity index (χ1v) is 13.8. The number of nitrogens with zero attached hydrogens (tertiary/aromatic N) is 3. The average Bonchev–Trinajstić information content (AvgIpc) is 3.33. The van der Waals surface area contributed by atoms with Gasteiger partial charge in [0.15, 0.2) is 14.6 Å². The third-order valence-corrected chi connectivity index (χ3v) is 10.3. The van der Waals surface area contributed by atoms with Crippen LogP contribution in [0.5, 0.6) is 0 Å². The van der Waals surface area contributed by atoms with E-state index >= 15 is 0 Å². The molecule has 0 unspecified atom stereocenters. The van der Waals surface area contributed by atoms with E-state index in [0.717, 1.165) is 44.3 Å². The maximum atomic E-state index is 13.9. The van der Waals surface area contributed by atoms with Gasteiger partial charge in [-0.1, -0.05) is 25.0 Å². The van der Waals surface area contributed by atoms with Crippen LogP contribution in [0.1, 0.15) is 56.1 Å². The maximum absolute atomic E-state index is 13.9. The summed E-state index contributed by atoms with van der Waals surface area (Å²) in [6, 6.07) is 5.44. The minimum absolute atomic E-state index is 0.166. The van der Waals surface area contributed by atoms with Gasteiger partial charge in [-0.2, -0.15) is 0 Å². The van der Waals surface area contributed by atoms with Crippen molar-refractivity contribution in [3.8, 4) is 0 Å². The van der Waals surface area contributed by atoms with Gasteiger partial charge in [-0.25, -0.2) is 8.42 Å². The minimum atomic E-state index is -3.81. The molecule has 0 atom stereocenters. The number of carbonyl (C=O) groups excluding carboxylic acids is 2. The molecule has 4 rings (SSSR count). The normalized spacial score (nSPS) is 21.9. The number of benzene rings is 1. The highest BCUT2D eigenvalue weighted by molar-refractivity contribution is 7.93. The molecule has 182 valence electrons. The Balaban J connectivity index is 1.46. The molecule has 1 aliphatic carbocycles. The lowest BCUT2D eigenvalue weighted by Gasteiger charge is -2.40. The second kappa shape index (κ2) is 9.74. The minimum Gasteiger partial charge on any atom is -0.342 e. The number of hydrogen-bond donors (Lipinski definition) is 0. The fourth-order valence-electron chi connectivity index (χ4n) is 5.58. The molecule has 1 aromatic carbocycles. The van der Waals surface area contributed by atoms with Gasteiger partial charge in [-0.15, -0.1) is 0 Å². The first kappa shape index (κ1) is 24.2. The third-order valence-electron chi connectivity index (χ3n) is 7.68. The van der Waals surface area contributed by atoms with E-state index in [9.17, 15) is 18.0 Å². The van der Waals surface area contributed by atoms with Gasteiger partial charge in [0.05, 0.1) is 11.4 Å². The lowest BCUT2D eigenvalue weighted by Crippen LogP contribution is -2.58. The van der Waals surface area contributed by atoms with Crippen molar-refractivity contribution in [3.05, 3.63) is 29.3 Å². The van der Waals surface area contributed by atoms with Crippen molar-refractivity contribution in [2.45, 2.75) is 68.4 Å². The van der Waals surface area contributed by atoms with Gasteiger partial charge in [0.2, 0.25) is 11.8 Å². The van der Waals surface area contributed by atoms with Crippen molar-refractivity contribution in [3.63, 3.8) is 0 Å². The Bertz CT molecular complexity index is 987. The highest BCUT2D eigenvalue weighted by atomic mass is 32.2.